The Hall–Kier alpha value is -2.55. The van der Waals surface area contributed by atoms with Crippen molar-refractivity contribution in [2.24, 2.45) is 5.92 Å². The maximum absolute atomic E-state index is 13.4. The Balaban J connectivity index is 1.84. The minimum Gasteiger partial charge on any atom is -0.496 e. The van der Waals surface area contributed by atoms with Crippen LogP contribution in [-0.2, 0) is 9.84 Å². The lowest BCUT2D eigenvalue weighted by atomic mass is 9.83. The minimum atomic E-state index is -3.86. The van der Waals surface area contributed by atoms with E-state index < -0.39 is 52.0 Å². The van der Waals surface area contributed by atoms with Gasteiger partial charge in [-0.05, 0) is 54.8 Å². The predicted molar refractivity (Wildman–Crippen MR) is 102 cm³/mol. The third kappa shape index (κ3) is 4.72. The second-order valence-corrected chi connectivity index (χ2v) is 9.23. The van der Waals surface area contributed by atoms with E-state index in [1.807, 2.05) is 0 Å². The summed E-state index contributed by atoms with van der Waals surface area (Å²) in [6.07, 6.45) is -0.917. The lowest BCUT2D eigenvalue weighted by molar-refractivity contribution is -0.103. The molecule has 1 N–H and O–H groups in total. The van der Waals surface area contributed by atoms with Crippen molar-refractivity contribution < 1.29 is 31.1 Å². The van der Waals surface area contributed by atoms with E-state index in [1.54, 1.807) is 6.92 Å². The summed E-state index contributed by atoms with van der Waals surface area (Å²) in [5.41, 5.74) is 0.638. The molecule has 1 amide bonds. The Labute approximate surface area is 166 Å². The molecule has 0 saturated heterocycles. The Bertz CT molecular complexity index is 1050. The first kappa shape index (κ1) is 21.2. The molecule has 2 aromatic carbocycles. The second kappa shape index (κ2) is 7.70. The van der Waals surface area contributed by atoms with E-state index in [0.717, 1.165) is 6.07 Å². The zero-order valence-electron chi connectivity index (χ0n) is 15.8. The number of anilines is 1. The van der Waals surface area contributed by atoms with E-state index in [0.29, 0.717) is 11.3 Å². The number of alkyl halides is 2. The maximum atomic E-state index is 13.4. The summed E-state index contributed by atoms with van der Waals surface area (Å²) in [5, 5.41) is 2.57. The highest BCUT2D eigenvalue weighted by Crippen LogP contribution is 2.43. The number of rotatable bonds is 6. The van der Waals surface area contributed by atoms with Gasteiger partial charge < -0.3 is 10.1 Å². The summed E-state index contributed by atoms with van der Waals surface area (Å²) in [6, 6.07) is 7.81. The van der Waals surface area contributed by atoms with Crippen molar-refractivity contribution in [1.82, 2.24) is 0 Å². The summed E-state index contributed by atoms with van der Waals surface area (Å²) in [6.45, 7) is 1.54. The Morgan fingerprint density at radius 2 is 1.90 bits per heavy atom. The van der Waals surface area contributed by atoms with E-state index in [2.05, 4.69) is 5.32 Å². The Kier molecular flexibility index (Phi) is 5.62. The molecule has 0 aliphatic heterocycles. The summed E-state index contributed by atoms with van der Waals surface area (Å²) in [7, 11) is -2.52. The van der Waals surface area contributed by atoms with Gasteiger partial charge >= 0.3 is 0 Å². The van der Waals surface area contributed by atoms with Gasteiger partial charge in [-0.1, -0.05) is 0 Å². The Morgan fingerprint density at radius 1 is 1.21 bits per heavy atom. The van der Waals surface area contributed by atoms with E-state index in [4.69, 9.17) is 4.74 Å². The molecule has 1 aliphatic rings. The van der Waals surface area contributed by atoms with Crippen LogP contribution in [0.25, 0.3) is 0 Å². The fourth-order valence-electron chi connectivity index (χ4n) is 3.29. The van der Waals surface area contributed by atoms with Crippen LogP contribution in [0.5, 0.6) is 5.75 Å². The van der Waals surface area contributed by atoms with E-state index in [9.17, 15) is 26.4 Å². The molecule has 0 spiro atoms. The smallest absolute Gasteiger partial charge is 0.259 e. The van der Waals surface area contributed by atoms with Crippen molar-refractivity contribution in [1.29, 1.82) is 0 Å². The number of nitrogens with one attached hydrogen (secondary N) is 1. The van der Waals surface area contributed by atoms with Gasteiger partial charge in [0.05, 0.1) is 23.3 Å². The van der Waals surface area contributed by atoms with Crippen LogP contribution in [0.3, 0.4) is 0 Å². The minimum absolute atomic E-state index is 0.0329. The van der Waals surface area contributed by atoms with Gasteiger partial charge in [0.1, 0.15) is 11.6 Å². The fraction of sp³-hybridized carbons (Fsp3) is 0.350. The van der Waals surface area contributed by atoms with Crippen LogP contribution in [0.1, 0.15) is 28.8 Å². The molecule has 0 unspecified atom stereocenters. The number of hydrogen-bond acceptors (Lipinski definition) is 4. The van der Waals surface area contributed by atoms with Crippen molar-refractivity contribution in [2.75, 3.05) is 18.2 Å². The summed E-state index contributed by atoms with van der Waals surface area (Å²) in [5.74, 6) is -4.74. The normalized spacial score (nSPS) is 16.2. The van der Waals surface area contributed by atoms with Gasteiger partial charge in [0.15, 0.2) is 9.84 Å². The molecule has 3 rings (SSSR count). The summed E-state index contributed by atoms with van der Waals surface area (Å²) >= 11 is 0. The van der Waals surface area contributed by atoms with Crippen molar-refractivity contribution >= 4 is 21.4 Å². The van der Waals surface area contributed by atoms with E-state index in [-0.39, 0.29) is 16.2 Å². The number of carbonyl (C=O) groups excluding carboxylic acids is 1. The monoisotopic (exact) mass is 427 g/mol. The second-order valence-electron chi connectivity index (χ2n) is 7.19. The van der Waals surface area contributed by atoms with Crippen LogP contribution in [0.2, 0.25) is 0 Å². The number of halogens is 3. The van der Waals surface area contributed by atoms with Gasteiger partial charge in [0.2, 0.25) is 5.92 Å². The number of sulfone groups is 1. The number of amides is 1. The first-order chi connectivity index (χ1) is 13.5. The fourth-order valence-corrected chi connectivity index (χ4v) is 4.91. The van der Waals surface area contributed by atoms with Gasteiger partial charge in [-0.3, -0.25) is 4.79 Å². The predicted octanol–water partition coefficient (Wildman–Crippen LogP) is 4.21. The van der Waals surface area contributed by atoms with Crippen LogP contribution in [-0.4, -0.2) is 33.1 Å². The quantitative estimate of drug-likeness (QED) is 0.750. The molecular weight excluding hydrogens is 407 g/mol. The van der Waals surface area contributed by atoms with Crippen molar-refractivity contribution in [3.8, 4) is 5.75 Å². The molecule has 0 radical (unpaired) electrons. The number of carbonyl (C=O) groups is 1. The third-order valence-corrected chi connectivity index (χ3v) is 6.70. The van der Waals surface area contributed by atoms with Gasteiger partial charge in [-0.2, -0.15) is 0 Å². The van der Waals surface area contributed by atoms with Gasteiger partial charge in [-0.25, -0.2) is 21.6 Å². The third-order valence-electron chi connectivity index (χ3n) is 4.82. The van der Waals surface area contributed by atoms with Gasteiger partial charge in [0.25, 0.3) is 5.91 Å². The van der Waals surface area contributed by atoms with Gasteiger partial charge in [-0.15, -0.1) is 0 Å². The standard InChI is InChI=1S/C20H20F3NO4S/c1-12-7-14(3-5-17(12)21)24-19(25)16-8-15(4-6-18(16)28-2)29(26,27)11-13-9-20(22,23)10-13/h3-8,13H,9-11H2,1-2H3,(H,24,25). The molecule has 0 heterocycles. The molecule has 1 saturated carbocycles. The van der Waals surface area contributed by atoms with Crippen LogP contribution in [0.4, 0.5) is 18.9 Å². The molecule has 156 valence electrons. The molecular formula is C20H20F3NO4S. The average molecular weight is 427 g/mol. The average Bonchev–Trinajstić information content (AvgIpc) is 2.62. The number of hydrogen-bond donors (Lipinski definition) is 1. The number of ether oxygens (including phenoxy) is 1. The molecule has 1 aliphatic carbocycles. The highest BCUT2D eigenvalue weighted by atomic mass is 32.2. The zero-order valence-corrected chi connectivity index (χ0v) is 16.7. The Morgan fingerprint density at radius 3 is 2.48 bits per heavy atom. The summed E-state index contributed by atoms with van der Waals surface area (Å²) < 4.78 is 69.8. The summed E-state index contributed by atoms with van der Waals surface area (Å²) in [4.78, 5) is 12.5. The maximum Gasteiger partial charge on any atom is 0.259 e. The van der Waals surface area contributed by atoms with Crippen LogP contribution >= 0.6 is 0 Å². The molecule has 5 nitrogen and oxygen atoms in total. The number of methoxy groups -OCH3 is 1. The molecule has 29 heavy (non-hydrogen) atoms. The SMILES string of the molecule is COc1ccc(S(=O)(=O)CC2CC(F)(F)C2)cc1C(=O)Nc1ccc(F)c(C)c1. The molecule has 0 atom stereocenters. The van der Waals surface area contributed by atoms with Crippen LogP contribution < -0.4 is 10.1 Å². The number of aryl methyl sites for hydroxylation is 1. The van der Waals surface area contributed by atoms with Crippen molar-refractivity contribution in [2.45, 2.75) is 30.6 Å². The highest BCUT2D eigenvalue weighted by molar-refractivity contribution is 7.91. The zero-order chi connectivity index (χ0) is 21.4. The van der Waals surface area contributed by atoms with Crippen LogP contribution in [0, 0.1) is 18.7 Å². The van der Waals surface area contributed by atoms with Crippen LogP contribution in [0.15, 0.2) is 41.3 Å². The molecule has 0 aromatic heterocycles. The highest BCUT2D eigenvalue weighted by Gasteiger charge is 2.46. The van der Waals surface area contributed by atoms with Crippen molar-refractivity contribution in [3.05, 3.63) is 53.3 Å². The topological polar surface area (TPSA) is 72.5 Å². The molecule has 1 fully saturated rings. The molecule has 0 bridgehead atoms. The first-order valence-corrected chi connectivity index (χ1v) is 10.5. The molecule has 2 aromatic rings. The molecule has 9 heteroatoms. The van der Waals surface area contributed by atoms with E-state index in [1.165, 1.54) is 37.4 Å². The number of benzene rings is 2. The van der Waals surface area contributed by atoms with Crippen molar-refractivity contribution in [3.63, 3.8) is 0 Å². The van der Waals surface area contributed by atoms with Gasteiger partial charge in [0, 0.05) is 18.5 Å². The largest absolute Gasteiger partial charge is 0.496 e. The van der Waals surface area contributed by atoms with E-state index >= 15 is 0 Å². The lowest BCUT2D eigenvalue weighted by Crippen LogP contribution is -2.39. The lowest BCUT2D eigenvalue weighted by Gasteiger charge is -2.34. The first-order valence-electron chi connectivity index (χ1n) is 8.87.